The van der Waals surface area contributed by atoms with E-state index < -0.39 is 0 Å². The highest BCUT2D eigenvalue weighted by Crippen LogP contribution is 2.18. The maximum atomic E-state index is 3.68. The molecule has 0 bridgehead atoms. The van der Waals surface area contributed by atoms with Crippen LogP contribution in [0.25, 0.3) is 0 Å². The second-order valence-electron chi connectivity index (χ2n) is 5.46. The Hall–Kier alpha value is -1.60. The smallest absolute Gasteiger partial charge is 0.0360 e. The van der Waals surface area contributed by atoms with E-state index in [-0.39, 0.29) is 0 Å². The Kier molecular flexibility index (Phi) is 5.17. The molecule has 19 heavy (non-hydrogen) atoms. The van der Waals surface area contributed by atoms with Crippen molar-refractivity contribution in [3.63, 3.8) is 0 Å². The van der Waals surface area contributed by atoms with Gasteiger partial charge in [-0.05, 0) is 30.0 Å². The van der Waals surface area contributed by atoms with Crippen molar-refractivity contribution in [3.8, 4) is 0 Å². The fourth-order valence-corrected chi connectivity index (χ4v) is 2.22. The Bertz CT molecular complexity index is 462. The van der Waals surface area contributed by atoms with Gasteiger partial charge in [0, 0.05) is 6.04 Å². The quantitative estimate of drug-likeness (QED) is 0.813. The molecule has 0 fully saturated rings. The highest BCUT2D eigenvalue weighted by Gasteiger charge is 2.11. The van der Waals surface area contributed by atoms with Crippen LogP contribution < -0.4 is 5.32 Å². The zero-order valence-corrected chi connectivity index (χ0v) is 11.8. The van der Waals surface area contributed by atoms with E-state index in [0.29, 0.717) is 12.0 Å². The summed E-state index contributed by atoms with van der Waals surface area (Å²) in [7, 11) is 0. The topological polar surface area (TPSA) is 12.0 Å². The molecule has 0 aromatic heterocycles. The van der Waals surface area contributed by atoms with E-state index in [0.717, 1.165) is 13.0 Å². The van der Waals surface area contributed by atoms with Gasteiger partial charge in [0.15, 0.2) is 0 Å². The third-order valence-electron chi connectivity index (χ3n) is 3.26. The van der Waals surface area contributed by atoms with Crippen molar-refractivity contribution >= 4 is 0 Å². The molecule has 1 heteroatoms. The van der Waals surface area contributed by atoms with E-state index in [2.05, 4.69) is 79.8 Å². The third-order valence-corrected chi connectivity index (χ3v) is 3.26. The Morgan fingerprint density at radius 1 is 0.842 bits per heavy atom. The van der Waals surface area contributed by atoms with Gasteiger partial charge in [0.25, 0.3) is 0 Å². The highest BCUT2D eigenvalue weighted by molar-refractivity contribution is 5.23. The normalized spacial score (nSPS) is 12.6. The first-order chi connectivity index (χ1) is 9.25. The van der Waals surface area contributed by atoms with Gasteiger partial charge < -0.3 is 5.32 Å². The zero-order chi connectivity index (χ0) is 13.5. The van der Waals surface area contributed by atoms with Crippen molar-refractivity contribution in [2.75, 3.05) is 6.54 Å². The van der Waals surface area contributed by atoms with Crippen molar-refractivity contribution < 1.29 is 0 Å². The monoisotopic (exact) mass is 253 g/mol. The van der Waals surface area contributed by atoms with Crippen molar-refractivity contribution in [2.45, 2.75) is 26.3 Å². The summed E-state index contributed by atoms with van der Waals surface area (Å²) in [5, 5.41) is 3.68. The van der Waals surface area contributed by atoms with Crippen LogP contribution in [0.1, 0.15) is 31.0 Å². The molecule has 1 atom stereocenters. The molecule has 0 aliphatic heterocycles. The molecule has 0 spiro atoms. The highest BCUT2D eigenvalue weighted by atomic mass is 14.9. The summed E-state index contributed by atoms with van der Waals surface area (Å²) in [5.41, 5.74) is 2.75. The number of benzene rings is 2. The van der Waals surface area contributed by atoms with Crippen LogP contribution in [-0.2, 0) is 6.42 Å². The van der Waals surface area contributed by atoms with Gasteiger partial charge in [0.2, 0.25) is 0 Å². The van der Waals surface area contributed by atoms with Crippen LogP contribution in [0.2, 0.25) is 0 Å². The summed E-state index contributed by atoms with van der Waals surface area (Å²) in [6.07, 6.45) is 1.04. The molecule has 1 nitrogen and oxygen atoms in total. The van der Waals surface area contributed by atoms with Gasteiger partial charge in [-0.15, -0.1) is 0 Å². The number of nitrogens with one attached hydrogen (secondary N) is 1. The van der Waals surface area contributed by atoms with E-state index in [1.807, 2.05) is 0 Å². The second-order valence-corrected chi connectivity index (χ2v) is 5.46. The molecular formula is C18H23N. The molecule has 2 aromatic carbocycles. The average Bonchev–Trinajstić information content (AvgIpc) is 2.45. The van der Waals surface area contributed by atoms with Crippen molar-refractivity contribution in [1.29, 1.82) is 0 Å². The first-order valence-corrected chi connectivity index (χ1v) is 7.08. The van der Waals surface area contributed by atoms with Crippen LogP contribution in [-0.4, -0.2) is 6.54 Å². The molecule has 0 aliphatic rings. The molecule has 1 N–H and O–H groups in total. The van der Waals surface area contributed by atoms with Crippen LogP contribution in [0.3, 0.4) is 0 Å². The molecule has 0 heterocycles. The number of hydrogen-bond donors (Lipinski definition) is 1. The van der Waals surface area contributed by atoms with E-state index in [4.69, 9.17) is 0 Å². The van der Waals surface area contributed by atoms with Crippen LogP contribution in [0, 0.1) is 5.92 Å². The summed E-state index contributed by atoms with van der Waals surface area (Å²) in [4.78, 5) is 0. The van der Waals surface area contributed by atoms with E-state index in [1.54, 1.807) is 0 Å². The maximum Gasteiger partial charge on any atom is 0.0360 e. The fraction of sp³-hybridized carbons (Fsp3) is 0.333. The van der Waals surface area contributed by atoms with Crippen LogP contribution in [0.4, 0.5) is 0 Å². The molecule has 2 rings (SSSR count). The molecule has 0 saturated carbocycles. The average molecular weight is 253 g/mol. The van der Waals surface area contributed by atoms with Gasteiger partial charge in [-0.25, -0.2) is 0 Å². The minimum absolute atomic E-state index is 0.394. The minimum atomic E-state index is 0.394. The number of hydrogen-bond acceptors (Lipinski definition) is 1. The first-order valence-electron chi connectivity index (χ1n) is 7.08. The third kappa shape index (κ3) is 4.53. The Morgan fingerprint density at radius 3 is 2.00 bits per heavy atom. The SMILES string of the molecule is CC(C)CN[C@H](Cc1ccccc1)c1ccccc1. The summed E-state index contributed by atoms with van der Waals surface area (Å²) >= 11 is 0. The molecule has 0 saturated heterocycles. The zero-order valence-electron chi connectivity index (χ0n) is 11.8. The van der Waals surface area contributed by atoms with Crippen molar-refractivity contribution in [2.24, 2.45) is 5.92 Å². The molecule has 0 unspecified atom stereocenters. The molecule has 100 valence electrons. The van der Waals surface area contributed by atoms with E-state index in [9.17, 15) is 0 Å². The Labute approximate surface area is 116 Å². The number of rotatable bonds is 6. The van der Waals surface area contributed by atoms with Gasteiger partial charge >= 0.3 is 0 Å². The molecular weight excluding hydrogens is 230 g/mol. The first kappa shape index (κ1) is 13.8. The predicted octanol–water partition coefficient (Wildman–Crippen LogP) is 4.22. The van der Waals surface area contributed by atoms with Crippen LogP contribution in [0.15, 0.2) is 60.7 Å². The van der Waals surface area contributed by atoms with Crippen molar-refractivity contribution in [1.82, 2.24) is 5.32 Å². The van der Waals surface area contributed by atoms with Gasteiger partial charge in [-0.3, -0.25) is 0 Å². The minimum Gasteiger partial charge on any atom is -0.309 e. The lowest BCUT2D eigenvalue weighted by Crippen LogP contribution is -2.27. The van der Waals surface area contributed by atoms with E-state index in [1.165, 1.54) is 11.1 Å². The lowest BCUT2D eigenvalue weighted by Gasteiger charge is -2.20. The van der Waals surface area contributed by atoms with Gasteiger partial charge in [-0.2, -0.15) is 0 Å². The molecule has 2 aromatic rings. The van der Waals surface area contributed by atoms with Crippen LogP contribution in [0.5, 0.6) is 0 Å². The van der Waals surface area contributed by atoms with Gasteiger partial charge in [0.1, 0.15) is 0 Å². The summed E-state index contributed by atoms with van der Waals surface area (Å²) in [5.74, 6) is 0.669. The van der Waals surface area contributed by atoms with E-state index >= 15 is 0 Å². The lowest BCUT2D eigenvalue weighted by molar-refractivity contribution is 0.471. The summed E-state index contributed by atoms with van der Waals surface area (Å²) in [6, 6.07) is 21.8. The maximum absolute atomic E-state index is 3.68. The standard InChI is InChI=1S/C18H23N/c1-15(2)14-19-18(17-11-7-4-8-12-17)13-16-9-5-3-6-10-16/h3-12,15,18-19H,13-14H2,1-2H3/t18-/m1/s1. The van der Waals surface area contributed by atoms with Gasteiger partial charge in [-0.1, -0.05) is 74.5 Å². The Balaban J connectivity index is 2.10. The van der Waals surface area contributed by atoms with Crippen LogP contribution >= 0.6 is 0 Å². The molecule has 0 amide bonds. The Morgan fingerprint density at radius 2 is 1.42 bits per heavy atom. The lowest BCUT2D eigenvalue weighted by atomic mass is 9.98. The molecule has 0 aliphatic carbocycles. The second kappa shape index (κ2) is 7.10. The fourth-order valence-electron chi connectivity index (χ4n) is 2.22. The van der Waals surface area contributed by atoms with Crippen molar-refractivity contribution in [3.05, 3.63) is 71.8 Å². The van der Waals surface area contributed by atoms with Gasteiger partial charge in [0.05, 0.1) is 0 Å². The summed E-state index contributed by atoms with van der Waals surface area (Å²) in [6.45, 7) is 5.54. The summed E-state index contributed by atoms with van der Waals surface area (Å²) < 4.78 is 0. The predicted molar refractivity (Wildman–Crippen MR) is 82.2 cm³/mol. The molecule has 0 radical (unpaired) electrons. The largest absolute Gasteiger partial charge is 0.309 e.